The van der Waals surface area contributed by atoms with Gasteiger partial charge in [-0.05, 0) is 36.0 Å². The van der Waals surface area contributed by atoms with E-state index < -0.39 is 0 Å². The minimum Gasteiger partial charge on any atom is -0.399 e. The summed E-state index contributed by atoms with van der Waals surface area (Å²) in [5.41, 5.74) is 7.99. The number of benzene rings is 1. The number of aromatic nitrogens is 2. The second-order valence-corrected chi connectivity index (χ2v) is 5.98. The molecule has 1 aliphatic rings. The van der Waals surface area contributed by atoms with Gasteiger partial charge in [-0.25, -0.2) is 0 Å². The zero-order chi connectivity index (χ0) is 13.6. The molecule has 1 unspecified atom stereocenters. The normalized spacial score (nSPS) is 20.4. The van der Waals surface area contributed by atoms with E-state index in [1.165, 1.54) is 6.42 Å². The number of hydrogen-bond acceptors (Lipinski definition) is 3. The Hall–Kier alpha value is -2.04. The summed E-state index contributed by atoms with van der Waals surface area (Å²) in [5.74, 6) is 0.436. The van der Waals surface area contributed by atoms with Crippen molar-refractivity contribution < 1.29 is 4.79 Å². The van der Waals surface area contributed by atoms with Crippen LogP contribution >= 0.6 is 0 Å². The van der Waals surface area contributed by atoms with Gasteiger partial charge < -0.3 is 11.1 Å². The van der Waals surface area contributed by atoms with Crippen molar-refractivity contribution >= 4 is 22.5 Å². The lowest BCUT2D eigenvalue weighted by Crippen LogP contribution is -2.27. The molecule has 1 aromatic heterocycles. The Balaban J connectivity index is 1.76. The van der Waals surface area contributed by atoms with Crippen molar-refractivity contribution in [3.05, 3.63) is 23.9 Å². The summed E-state index contributed by atoms with van der Waals surface area (Å²) in [6.07, 6.45) is 1.17. The van der Waals surface area contributed by atoms with Crippen molar-refractivity contribution in [3.8, 4) is 0 Å². The molecule has 1 aliphatic carbocycles. The summed E-state index contributed by atoms with van der Waals surface area (Å²) < 4.78 is 0. The summed E-state index contributed by atoms with van der Waals surface area (Å²) >= 11 is 0. The molecule has 3 rings (SSSR count). The number of nitrogen functional groups attached to an aromatic ring is 1. The van der Waals surface area contributed by atoms with E-state index in [2.05, 4.69) is 29.4 Å². The molecule has 1 fully saturated rings. The molecule has 5 heteroatoms. The Kier molecular flexibility index (Phi) is 2.52. The quantitative estimate of drug-likeness (QED) is 0.735. The molecule has 0 aliphatic heterocycles. The van der Waals surface area contributed by atoms with E-state index in [9.17, 15) is 4.79 Å². The van der Waals surface area contributed by atoms with E-state index >= 15 is 0 Å². The molecule has 1 amide bonds. The number of nitrogens with zero attached hydrogens (tertiary/aromatic N) is 1. The summed E-state index contributed by atoms with van der Waals surface area (Å²) in [6.45, 7) is 5.14. The van der Waals surface area contributed by atoms with Crippen molar-refractivity contribution in [2.24, 2.45) is 11.3 Å². The van der Waals surface area contributed by atoms with Crippen molar-refractivity contribution in [1.82, 2.24) is 15.5 Å². The van der Waals surface area contributed by atoms with Gasteiger partial charge >= 0.3 is 0 Å². The van der Waals surface area contributed by atoms with Crippen LogP contribution in [0.3, 0.4) is 0 Å². The Bertz CT molecular complexity index is 644. The number of nitrogens with one attached hydrogen (secondary N) is 2. The molecule has 1 aromatic carbocycles. The number of carbonyl (C=O) groups excluding carboxylic acids is 1. The van der Waals surface area contributed by atoms with Gasteiger partial charge in [0.2, 0.25) is 0 Å². The van der Waals surface area contributed by atoms with Crippen molar-refractivity contribution in [2.75, 3.05) is 12.3 Å². The number of anilines is 1. The standard InChI is InChI=1S/C14H18N4O/c1-14(2)6-8(14)7-16-13(19)12-10-5-9(15)3-4-11(10)17-18-12/h3-5,8H,6-7,15H2,1-2H3,(H,16,19)(H,17,18). The zero-order valence-corrected chi connectivity index (χ0v) is 11.2. The first kappa shape index (κ1) is 12.0. The monoisotopic (exact) mass is 258 g/mol. The molecule has 2 aromatic rings. The van der Waals surface area contributed by atoms with Gasteiger partial charge in [-0.3, -0.25) is 9.89 Å². The number of nitrogens with two attached hydrogens (primary N) is 1. The predicted octanol–water partition coefficient (Wildman–Crippen LogP) is 1.92. The molecular formula is C14H18N4O. The van der Waals surface area contributed by atoms with Crippen LogP contribution < -0.4 is 11.1 Å². The number of hydrogen-bond donors (Lipinski definition) is 3. The molecule has 1 saturated carbocycles. The lowest BCUT2D eigenvalue weighted by atomic mass is 10.1. The number of fused-ring (bicyclic) bond motifs is 1. The largest absolute Gasteiger partial charge is 0.399 e. The van der Waals surface area contributed by atoms with Crippen LogP contribution in [-0.4, -0.2) is 22.6 Å². The SMILES string of the molecule is CC1(C)CC1CNC(=O)c1n[nH]c2ccc(N)cc12. The summed E-state index contributed by atoms with van der Waals surface area (Å²) in [7, 11) is 0. The minimum atomic E-state index is -0.139. The van der Waals surface area contributed by atoms with E-state index in [1.807, 2.05) is 6.07 Å². The van der Waals surface area contributed by atoms with Gasteiger partial charge in [-0.2, -0.15) is 5.10 Å². The van der Waals surface area contributed by atoms with Gasteiger partial charge in [0.1, 0.15) is 0 Å². The van der Waals surface area contributed by atoms with Gasteiger partial charge in [-0.1, -0.05) is 13.8 Å². The summed E-state index contributed by atoms with van der Waals surface area (Å²) in [4.78, 5) is 12.1. The predicted molar refractivity (Wildman–Crippen MR) is 74.7 cm³/mol. The fraction of sp³-hybridized carbons (Fsp3) is 0.429. The highest BCUT2D eigenvalue weighted by Gasteiger charge is 2.45. The van der Waals surface area contributed by atoms with E-state index in [0.717, 1.165) is 10.9 Å². The van der Waals surface area contributed by atoms with Crippen LogP contribution in [0.5, 0.6) is 0 Å². The van der Waals surface area contributed by atoms with Gasteiger partial charge in [0, 0.05) is 17.6 Å². The highest BCUT2D eigenvalue weighted by atomic mass is 16.1. The third-order valence-corrected chi connectivity index (χ3v) is 4.03. The highest BCUT2D eigenvalue weighted by molar-refractivity contribution is 6.05. The Labute approximate surface area is 111 Å². The number of amides is 1. The van der Waals surface area contributed by atoms with Crippen LogP contribution in [0, 0.1) is 11.3 Å². The maximum atomic E-state index is 12.1. The van der Waals surface area contributed by atoms with Crippen LogP contribution in [0.4, 0.5) is 5.69 Å². The lowest BCUT2D eigenvalue weighted by molar-refractivity contribution is 0.0947. The van der Waals surface area contributed by atoms with Gasteiger partial charge in [0.05, 0.1) is 5.52 Å². The minimum absolute atomic E-state index is 0.139. The maximum absolute atomic E-state index is 12.1. The highest BCUT2D eigenvalue weighted by Crippen LogP contribution is 2.50. The third kappa shape index (κ3) is 2.16. The maximum Gasteiger partial charge on any atom is 0.272 e. The van der Waals surface area contributed by atoms with E-state index in [0.29, 0.717) is 29.3 Å². The lowest BCUT2D eigenvalue weighted by Gasteiger charge is -2.05. The van der Waals surface area contributed by atoms with E-state index in [1.54, 1.807) is 12.1 Å². The number of carbonyl (C=O) groups is 1. The molecule has 19 heavy (non-hydrogen) atoms. The third-order valence-electron chi connectivity index (χ3n) is 4.03. The molecule has 1 atom stereocenters. The van der Waals surface area contributed by atoms with Crippen LogP contribution in [0.2, 0.25) is 0 Å². The molecule has 100 valence electrons. The topological polar surface area (TPSA) is 83.8 Å². The van der Waals surface area contributed by atoms with Crippen molar-refractivity contribution in [3.63, 3.8) is 0 Å². The smallest absolute Gasteiger partial charge is 0.272 e. The average Bonchev–Trinajstić information content (AvgIpc) is 2.79. The fourth-order valence-electron chi connectivity index (χ4n) is 2.43. The Morgan fingerprint density at radius 3 is 3.00 bits per heavy atom. The Morgan fingerprint density at radius 1 is 1.58 bits per heavy atom. The van der Waals surface area contributed by atoms with Crippen LogP contribution in [0.1, 0.15) is 30.8 Å². The first-order valence-electron chi connectivity index (χ1n) is 6.49. The molecule has 0 bridgehead atoms. The Morgan fingerprint density at radius 2 is 2.32 bits per heavy atom. The fourth-order valence-corrected chi connectivity index (χ4v) is 2.43. The summed E-state index contributed by atoms with van der Waals surface area (Å²) in [5, 5.41) is 10.7. The van der Waals surface area contributed by atoms with Gasteiger partial charge in [0.15, 0.2) is 5.69 Å². The second-order valence-electron chi connectivity index (χ2n) is 5.98. The van der Waals surface area contributed by atoms with Crippen LogP contribution in [-0.2, 0) is 0 Å². The average molecular weight is 258 g/mol. The molecule has 1 heterocycles. The van der Waals surface area contributed by atoms with Gasteiger partial charge in [-0.15, -0.1) is 0 Å². The first-order chi connectivity index (χ1) is 8.97. The second kappa shape index (κ2) is 3.98. The number of rotatable bonds is 3. The number of H-pyrrole nitrogens is 1. The molecule has 0 spiro atoms. The van der Waals surface area contributed by atoms with Crippen molar-refractivity contribution in [2.45, 2.75) is 20.3 Å². The van der Waals surface area contributed by atoms with E-state index in [-0.39, 0.29) is 5.91 Å². The molecule has 5 nitrogen and oxygen atoms in total. The molecule has 0 saturated heterocycles. The van der Waals surface area contributed by atoms with Crippen LogP contribution in [0.25, 0.3) is 10.9 Å². The van der Waals surface area contributed by atoms with Gasteiger partial charge in [0.25, 0.3) is 5.91 Å². The molecule has 4 N–H and O–H groups in total. The first-order valence-corrected chi connectivity index (χ1v) is 6.49. The molecular weight excluding hydrogens is 240 g/mol. The number of aromatic amines is 1. The summed E-state index contributed by atoms with van der Waals surface area (Å²) in [6, 6.07) is 5.39. The van der Waals surface area contributed by atoms with Crippen molar-refractivity contribution in [1.29, 1.82) is 0 Å². The van der Waals surface area contributed by atoms with E-state index in [4.69, 9.17) is 5.73 Å². The van der Waals surface area contributed by atoms with Crippen LogP contribution in [0.15, 0.2) is 18.2 Å². The zero-order valence-electron chi connectivity index (χ0n) is 11.2. The molecule has 0 radical (unpaired) electrons.